The summed E-state index contributed by atoms with van der Waals surface area (Å²) < 4.78 is 5.61. The smallest absolute Gasteiger partial charge is 0.0755 e. The quantitative estimate of drug-likeness (QED) is 0.915. The lowest BCUT2D eigenvalue weighted by Crippen LogP contribution is -2.15. The maximum Gasteiger partial charge on any atom is 0.0755 e. The van der Waals surface area contributed by atoms with Gasteiger partial charge in [-0.3, -0.25) is 4.98 Å². The number of hydrogen-bond acceptors (Lipinski definition) is 3. The van der Waals surface area contributed by atoms with E-state index in [1.165, 1.54) is 27.9 Å². The fraction of sp³-hybridized carbons (Fsp3) is 0.438. The van der Waals surface area contributed by atoms with Gasteiger partial charge in [-0.15, -0.1) is 0 Å². The van der Waals surface area contributed by atoms with E-state index in [9.17, 15) is 0 Å². The van der Waals surface area contributed by atoms with E-state index in [-0.39, 0.29) is 0 Å². The molecule has 0 amide bonds. The van der Waals surface area contributed by atoms with Gasteiger partial charge in [0.15, 0.2) is 0 Å². The monoisotopic (exact) mass is 256 g/mol. The van der Waals surface area contributed by atoms with Crippen LogP contribution < -0.4 is 5.32 Å². The summed E-state index contributed by atoms with van der Waals surface area (Å²) in [5.41, 5.74) is 6.10. The van der Waals surface area contributed by atoms with Gasteiger partial charge in [0.25, 0.3) is 0 Å². The molecule has 2 heterocycles. The van der Waals surface area contributed by atoms with Crippen LogP contribution in [0.3, 0.4) is 0 Å². The Balaban J connectivity index is 2.26. The zero-order chi connectivity index (χ0) is 13.2. The number of ether oxygens (including phenoxy) is 1. The molecule has 1 N–H and O–H groups in total. The molecule has 3 nitrogen and oxygen atoms in total. The normalized spacial score (nSPS) is 14.4. The first-order valence-corrected chi connectivity index (χ1v) is 7.09. The minimum absolute atomic E-state index is 0.678. The van der Waals surface area contributed by atoms with E-state index in [0.29, 0.717) is 6.61 Å². The van der Waals surface area contributed by atoms with Crippen LogP contribution >= 0.6 is 0 Å². The van der Waals surface area contributed by atoms with Crippen LogP contribution in [-0.2, 0) is 24.2 Å². The third-order valence-electron chi connectivity index (χ3n) is 3.73. The molecule has 1 aliphatic heterocycles. The lowest BCUT2D eigenvalue weighted by Gasteiger charge is -2.21. The lowest BCUT2D eigenvalue weighted by molar-refractivity contribution is 0.110. The molecule has 1 aromatic carbocycles. The molecular formula is C16H20N2O. The van der Waals surface area contributed by atoms with Gasteiger partial charge >= 0.3 is 0 Å². The number of aromatic nitrogens is 1. The van der Waals surface area contributed by atoms with Gasteiger partial charge in [-0.1, -0.05) is 13.0 Å². The van der Waals surface area contributed by atoms with E-state index in [4.69, 9.17) is 9.72 Å². The summed E-state index contributed by atoms with van der Waals surface area (Å²) in [7, 11) is 0. The molecule has 1 aliphatic rings. The summed E-state index contributed by atoms with van der Waals surface area (Å²) in [4.78, 5) is 4.81. The van der Waals surface area contributed by atoms with Crippen LogP contribution in [0.4, 0.5) is 5.69 Å². The van der Waals surface area contributed by atoms with E-state index in [1.54, 1.807) is 0 Å². The largest absolute Gasteiger partial charge is 0.384 e. The van der Waals surface area contributed by atoms with Crippen LogP contribution in [0, 0.1) is 0 Å². The molecule has 0 bridgehead atoms. The molecule has 3 rings (SSSR count). The van der Waals surface area contributed by atoms with Crippen molar-refractivity contribution in [2.45, 2.75) is 33.3 Å². The molecule has 100 valence electrons. The zero-order valence-electron chi connectivity index (χ0n) is 11.6. The maximum absolute atomic E-state index is 5.61. The van der Waals surface area contributed by atoms with Gasteiger partial charge in [-0.25, -0.2) is 0 Å². The molecule has 1 aromatic heterocycles. The standard InChI is InChI=1S/C16H20N2O/c1-3-11-5-6-14-12(9-11)16(17-4-2)13-10-19-8-7-15(13)18-14/h5-6,9H,3-4,7-8,10H2,1-2H3,(H,17,18). The Labute approximate surface area is 114 Å². The molecule has 0 saturated carbocycles. The molecule has 0 atom stereocenters. The molecule has 2 aromatic rings. The van der Waals surface area contributed by atoms with Crippen molar-refractivity contribution in [3.05, 3.63) is 35.0 Å². The highest BCUT2D eigenvalue weighted by molar-refractivity contribution is 5.94. The zero-order valence-corrected chi connectivity index (χ0v) is 11.6. The van der Waals surface area contributed by atoms with Gasteiger partial charge in [0.05, 0.1) is 30.1 Å². The minimum atomic E-state index is 0.678. The highest BCUT2D eigenvalue weighted by atomic mass is 16.5. The second kappa shape index (κ2) is 5.17. The average molecular weight is 256 g/mol. The number of nitrogens with zero attached hydrogens (tertiary/aromatic N) is 1. The first-order valence-electron chi connectivity index (χ1n) is 7.09. The van der Waals surface area contributed by atoms with E-state index in [0.717, 1.165) is 31.5 Å². The molecule has 0 unspecified atom stereocenters. The number of pyridine rings is 1. The summed E-state index contributed by atoms with van der Waals surface area (Å²) in [5.74, 6) is 0. The second-order valence-electron chi connectivity index (χ2n) is 4.95. The van der Waals surface area contributed by atoms with Crippen LogP contribution in [-0.4, -0.2) is 18.1 Å². The van der Waals surface area contributed by atoms with Crippen LogP contribution in [0.25, 0.3) is 10.9 Å². The number of rotatable bonds is 3. The number of hydrogen-bond donors (Lipinski definition) is 1. The van der Waals surface area contributed by atoms with Crippen molar-refractivity contribution in [1.29, 1.82) is 0 Å². The van der Waals surface area contributed by atoms with Crippen molar-refractivity contribution in [3.63, 3.8) is 0 Å². The van der Waals surface area contributed by atoms with Crippen LogP contribution in [0.15, 0.2) is 18.2 Å². The fourth-order valence-corrected chi connectivity index (χ4v) is 2.70. The Kier molecular flexibility index (Phi) is 3.38. The van der Waals surface area contributed by atoms with Gasteiger partial charge in [0.2, 0.25) is 0 Å². The van der Waals surface area contributed by atoms with Crippen molar-refractivity contribution in [2.75, 3.05) is 18.5 Å². The SMILES string of the molecule is CCNc1c2c(nc3ccc(CC)cc13)CCOC2. The van der Waals surface area contributed by atoms with Crippen LogP contribution in [0.1, 0.15) is 30.7 Å². The fourth-order valence-electron chi connectivity index (χ4n) is 2.70. The molecular weight excluding hydrogens is 236 g/mol. The van der Waals surface area contributed by atoms with E-state index in [2.05, 4.69) is 37.4 Å². The minimum Gasteiger partial charge on any atom is -0.384 e. The third-order valence-corrected chi connectivity index (χ3v) is 3.73. The summed E-state index contributed by atoms with van der Waals surface area (Å²) in [6, 6.07) is 6.58. The van der Waals surface area contributed by atoms with Crippen molar-refractivity contribution in [1.82, 2.24) is 4.98 Å². The van der Waals surface area contributed by atoms with Gasteiger partial charge < -0.3 is 10.1 Å². The Morgan fingerprint density at radius 1 is 1.32 bits per heavy atom. The number of aryl methyl sites for hydroxylation is 1. The first-order chi connectivity index (χ1) is 9.33. The molecule has 0 aliphatic carbocycles. The highest BCUT2D eigenvalue weighted by Gasteiger charge is 2.18. The topological polar surface area (TPSA) is 34.2 Å². The Hall–Kier alpha value is -1.61. The highest BCUT2D eigenvalue weighted by Crippen LogP contribution is 2.32. The summed E-state index contributed by atoms with van der Waals surface area (Å²) in [6.07, 6.45) is 1.97. The number of anilines is 1. The number of benzene rings is 1. The van der Waals surface area contributed by atoms with Gasteiger partial charge in [-0.05, 0) is 31.0 Å². The molecule has 0 spiro atoms. The summed E-state index contributed by atoms with van der Waals surface area (Å²) >= 11 is 0. The maximum atomic E-state index is 5.61. The Morgan fingerprint density at radius 2 is 2.21 bits per heavy atom. The van der Waals surface area contributed by atoms with Crippen LogP contribution in [0.5, 0.6) is 0 Å². The molecule has 0 radical (unpaired) electrons. The van der Waals surface area contributed by atoms with Crippen molar-refractivity contribution < 1.29 is 4.74 Å². The molecule has 0 saturated heterocycles. The van der Waals surface area contributed by atoms with E-state index < -0.39 is 0 Å². The third kappa shape index (κ3) is 2.19. The number of fused-ring (bicyclic) bond motifs is 2. The first kappa shape index (κ1) is 12.4. The predicted octanol–water partition coefficient (Wildman–Crippen LogP) is 3.30. The Bertz CT molecular complexity index is 607. The van der Waals surface area contributed by atoms with Crippen molar-refractivity contribution >= 4 is 16.6 Å². The van der Waals surface area contributed by atoms with Gasteiger partial charge in [-0.2, -0.15) is 0 Å². The molecule has 19 heavy (non-hydrogen) atoms. The average Bonchev–Trinajstić information content (AvgIpc) is 2.47. The van der Waals surface area contributed by atoms with Crippen LogP contribution in [0.2, 0.25) is 0 Å². The van der Waals surface area contributed by atoms with E-state index in [1.807, 2.05) is 0 Å². The Morgan fingerprint density at radius 3 is 3.00 bits per heavy atom. The van der Waals surface area contributed by atoms with E-state index >= 15 is 0 Å². The number of nitrogens with one attached hydrogen (secondary N) is 1. The second-order valence-corrected chi connectivity index (χ2v) is 4.95. The summed E-state index contributed by atoms with van der Waals surface area (Å²) in [6.45, 7) is 6.69. The predicted molar refractivity (Wildman–Crippen MR) is 78.6 cm³/mol. The summed E-state index contributed by atoms with van der Waals surface area (Å²) in [5, 5.41) is 4.74. The van der Waals surface area contributed by atoms with Gasteiger partial charge in [0.1, 0.15) is 0 Å². The lowest BCUT2D eigenvalue weighted by atomic mass is 10.0. The van der Waals surface area contributed by atoms with Crippen molar-refractivity contribution in [2.24, 2.45) is 0 Å². The molecule has 3 heteroatoms. The van der Waals surface area contributed by atoms with Crippen molar-refractivity contribution in [3.8, 4) is 0 Å². The molecule has 0 fully saturated rings. The van der Waals surface area contributed by atoms with Gasteiger partial charge in [0, 0.05) is 23.9 Å².